The summed E-state index contributed by atoms with van der Waals surface area (Å²) in [5, 5.41) is 13.2. The van der Waals surface area contributed by atoms with Gasteiger partial charge >= 0.3 is 0 Å². The minimum Gasteiger partial charge on any atom is -0.454 e. The number of likely N-dealkylation sites (N-methyl/N-ethyl adjacent to an activating group) is 1. The van der Waals surface area contributed by atoms with Gasteiger partial charge in [0.05, 0.1) is 25.4 Å². The molecule has 8 nitrogen and oxygen atoms in total. The third-order valence-electron chi connectivity index (χ3n) is 6.97. The maximum absolute atomic E-state index is 13.3. The van der Waals surface area contributed by atoms with Gasteiger partial charge in [-0.1, -0.05) is 19.9 Å². The minimum absolute atomic E-state index is 0.00667. The Balaban J connectivity index is 1.27. The number of carbonyl (C=O) groups excluding carboxylic acids is 1. The molecule has 1 fully saturated rings. The number of aromatic nitrogens is 1. The van der Waals surface area contributed by atoms with Gasteiger partial charge in [0.2, 0.25) is 12.7 Å². The number of rotatable bonds is 10. The molecule has 1 aliphatic heterocycles. The highest BCUT2D eigenvalue weighted by molar-refractivity contribution is 6.02. The summed E-state index contributed by atoms with van der Waals surface area (Å²) in [4.78, 5) is 18.7. The van der Waals surface area contributed by atoms with Crippen LogP contribution >= 0.6 is 0 Å². The molecule has 1 aliphatic carbocycles. The first-order chi connectivity index (χ1) is 16.8. The molecular formula is C27H33N3O5. The molecule has 0 spiro atoms. The van der Waals surface area contributed by atoms with Crippen molar-refractivity contribution < 1.29 is 24.1 Å². The number of benzene rings is 2. The molecule has 2 aliphatic rings. The minimum atomic E-state index is -0.512. The van der Waals surface area contributed by atoms with Gasteiger partial charge in [0.15, 0.2) is 11.5 Å². The second-order valence-corrected chi connectivity index (χ2v) is 10.3. The van der Waals surface area contributed by atoms with Crippen LogP contribution in [0, 0.1) is 0 Å². The Kier molecular flexibility index (Phi) is 6.21. The first kappa shape index (κ1) is 23.7. The number of H-pyrrole nitrogens is 1. The Morgan fingerprint density at radius 2 is 1.97 bits per heavy atom. The summed E-state index contributed by atoms with van der Waals surface area (Å²) in [6, 6.07) is 13.8. The van der Waals surface area contributed by atoms with Crippen LogP contribution in [-0.4, -0.2) is 61.2 Å². The van der Waals surface area contributed by atoms with E-state index in [2.05, 4.69) is 30.2 Å². The molecule has 2 aromatic carbocycles. The molecule has 2 heterocycles. The number of ether oxygens (including phenoxy) is 3. The molecule has 0 atom stereocenters. The summed E-state index contributed by atoms with van der Waals surface area (Å²) in [6.07, 6.45) is 1.63. The highest BCUT2D eigenvalue weighted by Crippen LogP contribution is 2.51. The van der Waals surface area contributed by atoms with Crippen LogP contribution in [0.5, 0.6) is 11.5 Å². The third-order valence-corrected chi connectivity index (χ3v) is 6.97. The SMILES string of the molecule is CN(CCO)COCC(C)(C)c1cc2cc(NC(=O)C3(c4ccc5c(c4)OCO5)CC3)ccc2[nH]1. The number of hydrogen-bond acceptors (Lipinski definition) is 6. The van der Waals surface area contributed by atoms with Crippen LogP contribution < -0.4 is 14.8 Å². The molecule has 8 heteroatoms. The van der Waals surface area contributed by atoms with Gasteiger partial charge in [0.25, 0.3) is 0 Å². The zero-order valence-corrected chi connectivity index (χ0v) is 20.5. The molecule has 186 valence electrons. The molecule has 0 unspecified atom stereocenters. The summed E-state index contributed by atoms with van der Waals surface area (Å²) >= 11 is 0. The molecule has 3 aromatic rings. The zero-order chi connectivity index (χ0) is 24.6. The Hall–Kier alpha value is -3.07. The molecule has 1 aromatic heterocycles. The topological polar surface area (TPSA) is 96.1 Å². The van der Waals surface area contributed by atoms with Crippen LogP contribution in [-0.2, 0) is 20.4 Å². The van der Waals surface area contributed by atoms with Crippen LogP contribution in [0.3, 0.4) is 0 Å². The van der Waals surface area contributed by atoms with Crippen molar-refractivity contribution in [3.8, 4) is 11.5 Å². The lowest BCUT2D eigenvalue weighted by Crippen LogP contribution is -2.30. The van der Waals surface area contributed by atoms with Crippen LogP contribution in [0.25, 0.3) is 10.9 Å². The Morgan fingerprint density at radius 1 is 1.17 bits per heavy atom. The van der Waals surface area contributed by atoms with Crippen molar-refractivity contribution in [2.24, 2.45) is 0 Å². The van der Waals surface area contributed by atoms with E-state index < -0.39 is 5.41 Å². The molecule has 0 bridgehead atoms. The average Bonchev–Trinajstić information content (AvgIpc) is 3.30. The number of nitrogens with one attached hydrogen (secondary N) is 2. The maximum Gasteiger partial charge on any atom is 0.235 e. The smallest absolute Gasteiger partial charge is 0.235 e. The van der Waals surface area contributed by atoms with Gasteiger partial charge < -0.3 is 29.6 Å². The quantitative estimate of drug-likeness (QED) is 0.384. The van der Waals surface area contributed by atoms with Crippen molar-refractivity contribution in [2.75, 3.05) is 45.6 Å². The average molecular weight is 480 g/mol. The highest BCUT2D eigenvalue weighted by Gasteiger charge is 2.51. The lowest BCUT2D eigenvalue weighted by molar-refractivity contribution is -0.118. The van der Waals surface area contributed by atoms with Gasteiger partial charge in [-0.05, 0) is 61.9 Å². The van der Waals surface area contributed by atoms with Crippen LogP contribution in [0.2, 0.25) is 0 Å². The van der Waals surface area contributed by atoms with Gasteiger partial charge in [-0.25, -0.2) is 0 Å². The number of amides is 1. The van der Waals surface area contributed by atoms with Gasteiger partial charge in [-0.15, -0.1) is 0 Å². The van der Waals surface area contributed by atoms with Crippen molar-refractivity contribution in [3.63, 3.8) is 0 Å². The lowest BCUT2D eigenvalue weighted by Gasteiger charge is -2.25. The summed E-state index contributed by atoms with van der Waals surface area (Å²) in [5.41, 5.74) is 3.09. The molecule has 3 N–H and O–H groups in total. The van der Waals surface area contributed by atoms with Gasteiger partial charge in [-0.3, -0.25) is 9.69 Å². The van der Waals surface area contributed by atoms with Crippen LogP contribution in [0.15, 0.2) is 42.5 Å². The van der Waals surface area contributed by atoms with Crippen molar-refractivity contribution in [1.29, 1.82) is 0 Å². The predicted molar refractivity (Wildman–Crippen MR) is 134 cm³/mol. The molecule has 1 saturated carbocycles. The molecule has 1 amide bonds. The van der Waals surface area contributed by atoms with E-state index in [1.165, 1.54) is 0 Å². The van der Waals surface area contributed by atoms with E-state index in [1.807, 2.05) is 48.3 Å². The Morgan fingerprint density at radius 3 is 2.74 bits per heavy atom. The van der Waals surface area contributed by atoms with Crippen LogP contribution in [0.4, 0.5) is 5.69 Å². The number of aromatic amines is 1. The largest absolute Gasteiger partial charge is 0.454 e. The number of fused-ring (bicyclic) bond motifs is 2. The van der Waals surface area contributed by atoms with E-state index in [0.717, 1.165) is 46.4 Å². The van der Waals surface area contributed by atoms with Gasteiger partial charge in [-0.2, -0.15) is 0 Å². The number of nitrogens with zero attached hydrogens (tertiary/aromatic N) is 1. The number of carbonyl (C=O) groups is 1. The van der Waals surface area contributed by atoms with E-state index in [4.69, 9.17) is 19.3 Å². The monoisotopic (exact) mass is 479 g/mol. The van der Waals surface area contributed by atoms with E-state index in [-0.39, 0.29) is 24.7 Å². The number of aliphatic hydroxyl groups excluding tert-OH is 1. The third kappa shape index (κ3) is 4.74. The van der Waals surface area contributed by atoms with Crippen molar-refractivity contribution in [3.05, 3.63) is 53.7 Å². The number of aliphatic hydroxyl groups is 1. The Bertz CT molecular complexity index is 1230. The van der Waals surface area contributed by atoms with Gasteiger partial charge in [0, 0.05) is 34.2 Å². The number of hydrogen-bond donors (Lipinski definition) is 3. The molecule has 0 saturated heterocycles. The van der Waals surface area contributed by atoms with E-state index in [1.54, 1.807) is 0 Å². The maximum atomic E-state index is 13.3. The molecule has 5 rings (SSSR count). The van der Waals surface area contributed by atoms with E-state index >= 15 is 0 Å². The van der Waals surface area contributed by atoms with Gasteiger partial charge in [0.1, 0.15) is 0 Å². The van der Waals surface area contributed by atoms with Crippen molar-refractivity contribution in [1.82, 2.24) is 9.88 Å². The second kappa shape index (κ2) is 9.18. The second-order valence-electron chi connectivity index (χ2n) is 10.3. The lowest BCUT2D eigenvalue weighted by atomic mass is 9.90. The molecular weight excluding hydrogens is 446 g/mol. The van der Waals surface area contributed by atoms with E-state index in [9.17, 15) is 4.79 Å². The number of anilines is 1. The normalized spacial score (nSPS) is 16.1. The Labute approximate surface area is 205 Å². The first-order valence-electron chi connectivity index (χ1n) is 12.0. The summed E-state index contributed by atoms with van der Waals surface area (Å²) in [5.74, 6) is 1.44. The highest BCUT2D eigenvalue weighted by atomic mass is 16.7. The zero-order valence-electron chi connectivity index (χ0n) is 20.5. The summed E-state index contributed by atoms with van der Waals surface area (Å²) in [6.45, 7) is 6.19. The molecule has 35 heavy (non-hydrogen) atoms. The standard InChI is InChI=1S/C27H33N3O5/c1-26(2,15-33-16-30(3)10-11-31)24-13-18-12-20(5-6-21(18)29-24)28-25(32)27(8-9-27)19-4-7-22-23(14-19)35-17-34-22/h4-7,12-14,29,31H,8-11,15-17H2,1-3H3,(H,28,32). The molecule has 0 radical (unpaired) electrons. The van der Waals surface area contributed by atoms with Crippen LogP contribution in [0.1, 0.15) is 37.9 Å². The fraction of sp³-hybridized carbons (Fsp3) is 0.444. The first-order valence-corrected chi connectivity index (χ1v) is 12.0. The fourth-order valence-electron chi connectivity index (χ4n) is 4.56. The van der Waals surface area contributed by atoms with Crippen molar-refractivity contribution >= 4 is 22.5 Å². The fourth-order valence-corrected chi connectivity index (χ4v) is 4.56. The summed E-state index contributed by atoms with van der Waals surface area (Å²) < 4.78 is 16.8. The predicted octanol–water partition coefficient (Wildman–Crippen LogP) is 3.74. The summed E-state index contributed by atoms with van der Waals surface area (Å²) in [7, 11) is 1.92. The van der Waals surface area contributed by atoms with Crippen molar-refractivity contribution in [2.45, 2.75) is 37.5 Å². The van der Waals surface area contributed by atoms with E-state index in [0.29, 0.717) is 25.6 Å².